The molecule has 1 saturated heterocycles. The van der Waals surface area contributed by atoms with Gasteiger partial charge in [-0.2, -0.15) is 0 Å². The molecule has 3 heterocycles. The van der Waals surface area contributed by atoms with E-state index in [1.165, 1.54) is 11.9 Å². The second kappa shape index (κ2) is 8.90. The van der Waals surface area contributed by atoms with Crippen LogP contribution in [0.4, 0.5) is 23.0 Å². The molecule has 2 aliphatic heterocycles. The minimum absolute atomic E-state index is 0.290. The van der Waals surface area contributed by atoms with Gasteiger partial charge in [0.25, 0.3) is 0 Å². The maximum absolute atomic E-state index is 6.42. The van der Waals surface area contributed by atoms with Crippen LogP contribution in [0.25, 0.3) is 0 Å². The summed E-state index contributed by atoms with van der Waals surface area (Å²) in [7, 11) is 0. The average Bonchev–Trinajstić information content (AvgIpc) is 3.26. The molecule has 3 N–H and O–H groups in total. The van der Waals surface area contributed by atoms with Crippen molar-refractivity contribution in [1.29, 1.82) is 0 Å². The van der Waals surface area contributed by atoms with Crippen molar-refractivity contribution in [3.63, 3.8) is 0 Å². The van der Waals surface area contributed by atoms with Crippen molar-refractivity contribution in [2.45, 2.75) is 6.54 Å². The lowest BCUT2D eigenvalue weighted by atomic mass is 10.1. The molecule has 0 radical (unpaired) electrons. The molecule has 0 unspecified atom stereocenters. The Morgan fingerprint density at radius 3 is 2.62 bits per heavy atom. The third-order valence-electron chi connectivity index (χ3n) is 5.56. The second-order valence-electron chi connectivity index (χ2n) is 7.66. The summed E-state index contributed by atoms with van der Waals surface area (Å²) in [6, 6.07) is 11.3. The smallest absolute Gasteiger partial charge is 0.231 e. The molecule has 0 amide bonds. The minimum atomic E-state index is 0.290. The number of ether oxygens (including phenoxy) is 2. The molecule has 0 saturated carbocycles. The van der Waals surface area contributed by atoms with Crippen molar-refractivity contribution in [2.24, 2.45) is 0 Å². The van der Waals surface area contributed by atoms with E-state index in [1.807, 2.05) is 6.07 Å². The summed E-state index contributed by atoms with van der Waals surface area (Å²) < 4.78 is 10.9. The van der Waals surface area contributed by atoms with Crippen LogP contribution in [0.2, 0.25) is 10.0 Å². The fourth-order valence-corrected chi connectivity index (χ4v) is 4.21. The van der Waals surface area contributed by atoms with Crippen LogP contribution in [-0.2, 0) is 6.54 Å². The Bertz CT molecular complexity index is 1140. The van der Waals surface area contributed by atoms with Crippen molar-refractivity contribution in [3.8, 4) is 11.5 Å². The van der Waals surface area contributed by atoms with Crippen LogP contribution in [0, 0.1) is 0 Å². The Labute approximate surface area is 195 Å². The standard InChI is InChI=1S/C22H22Cl2N6O2/c23-15-2-3-16(24)17(10-15)28-21-20(25)22(27-12-26-21)30-7-5-29(6-8-30)11-14-1-4-18-19(9-14)32-13-31-18/h1-4,9-10,12H,5-8,11,13,25H2,(H,26,27,28). The van der Waals surface area contributed by atoms with E-state index in [0.29, 0.717) is 33.1 Å². The van der Waals surface area contributed by atoms with Crippen molar-refractivity contribution in [1.82, 2.24) is 14.9 Å². The van der Waals surface area contributed by atoms with Crippen LogP contribution in [0.3, 0.4) is 0 Å². The fraction of sp³-hybridized carbons (Fsp3) is 0.273. The Hall–Kier alpha value is -2.94. The van der Waals surface area contributed by atoms with Crippen LogP contribution < -0.4 is 25.4 Å². The molecular weight excluding hydrogens is 451 g/mol. The second-order valence-corrected chi connectivity index (χ2v) is 8.50. The van der Waals surface area contributed by atoms with E-state index in [0.717, 1.165) is 44.2 Å². The number of halogens is 2. The number of rotatable bonds is 5. The number of nitrogen functional groups attached to an aromatic ring is 1. The third-order valence-corrected chi connectivity index (χ3v) is 6.12. The summed E-state index contributed by atoms with van der Waals surface area (Å²) in [5.41, 5.74) is 8.74. The van der Waals surface area contributed by atoms with Gasteiger partial charge in [-0.1, -0.05) is 29.3 Å². The molecular formula is C22H22Cl2N6O2. The Morgan fingerprint density at radius 2 is 1.78 bits per heavy atom. The van der Waals surface area contributed by atoms with Gasteiger partial charge in [-0.05, 0) is 35.9 Å². The lowest BCUT2D eigenvalue weighted by Gasteiger charge is -2.36. The molecule has 3 aromatic rings. The van der Waals surface area contributed by atoms with E-state index < -0.39 is 0 Å². The van der Waals surface area contributed by atoms with Gasteiger partial charge in [0, 0.05) is 37.7 Å². The summed E-state index contributed by atoms with van der Waals surface area (Å²) >= 11 is 12.4. The fourth-order valence-electron chi connectivity index (χ4n) is 3.87. The molecule has 5 rings (SSSR count). The van der Waals surface area contributed by atoms with Gasteiger partial charge < -0.3 is 25.4 Å². The topological polar surface area (TPSA) is 88.8 Å². The first kappa shape index (κ1) is 20.9. The zero-order valence-corrected chi connectivity index (χ0v) is 18.7. The van der Waals surface area contributed by atoms with E-state index in [4.69, 9.17) is 38.4 Å². The molecule has 2 aliphatic rings. The van der Waals surface area contributed by atoms with Gasteiger partial charge >= 0.3 is 0 Å². The Balaban J connectivity index is 1.24. The molecule has 0 aliphatic carbocycles. The van der Waals surface area contributed by atoms with Crippen LogP contribution in [0.1, 0.15) is 5.56 Å². The first-order valence-electron chi connectivity index (χ1n) is 10.3. The van der Waals surface area contributed by atoms with E-state index in [-0.39, 0.29) is 6.79 Å². The van der Waals surface area contributed by atoms with Gasteiger partial charge in [-0.15, -0.1) is 0 Å². The quantitative estimate of drug-likeness (QED) is 0.571. The van der Waals surface area contributed by atoms with Gasteiger partial charge in [0.15, 0.2) is 23.1 Å². The minimum Gasteiger partial charge on any atom is -0.454 e. The highest BCUT2D eigenvalue weighted by Crippen LogP contribution is 2.34. The molecule has 166 valence electrons. The molecule has 0 spiro atoms. The number of nitrogens with zero attached hydrogens (tertiary/aromatic N) is 4. The molecule has 10 heteroatoms. The molecule has 8 nitrogen and oxygen atoms in total. The molecule has 1 aromatic heterocycles. The number of hydrogen-bond acceptors (Lipinski definition) is 8. The largest absolute Gasteiger partial charge is 0.454 e. The van der Waals surface area contributed by atoms with Crippen LogP contribution in [0.5, 0.6) is 11.5 Å². The van der Waals surface area contributed by atoms with Crippen LogP contribution in [0.15, 0.2) is 42.7 Å². The van der Waals surface area contributed by atoms with Gasteiger partial charge in [-0.25, -0.2) is 9.97 Å². The molecule has 0 bridgehead atoms. The molecule has 0 atom stereocenters. The summed E-state index contributed by atoms with van der Waals surface area (Å²) in [6.07, 6.45) is 1.51. The highest BCUT2D eigenvalue weighted by Gasteiger charge is 2.22. The predicted molar refractivity (Wildman–Crippen MR) is 126 cm³/mol. The Kier molecular flexibility index (Phi) is 5.82. The van der Waals surface area contributed by atoms with Gasteiger partial charge in [0.05, 0.1) is 10.7 Å². The summed E-state index contributed by atoms with van der Waals surface area (Å²) in [5, 5.41) is 4.28. The summed E-state index contributed by atoms with van der Waals surface area (Å²) in [6.45, 7) is 4.54. The molecule has 2 aromatic carbocycles. The number of hydrogen-bond donors (Lipinski definition) is 2. The van der Waals surface area contributed by atoms with E-state index in [1.54, 1.807) is 18.2 Å². The lowest BCUT2D eigenvalue weighted by Crippen LogP contribution is -2.46. The number of nitrogens with one attached hydrogen (secondary N) is 1. The first-order chi connectivity index (χ1) is 15.6. The van der Waals surface area contributed by atoms with Gasteiger partial charge in [-0.3, -0.25) is 4.90 Å². The number of fused-ring (bicyclic) bond motifs is 1. The highest BCUT2D eigenvalue weighted by atomic mass is 35.5. The van der Waals surface area contributed by atoms with Crippen LogP contribution in [-0.4, -0.2) is 47.8 Å². The number of aromatic nitrogens is 2. The summed E-state index contributed by atoms with van der Waals surface area (Å²) in [5.74, 6) is 2.83. The number of benzene rings is 2. The SMILES string of the molecule is Nc1c(Nc2cc(Cl)ccc2Cl)ncnc1N1CCN(Cc2ccc3c(c2)OCO3)CC1. The third kappa shape index (κ3) is 4.34. The first-order valence-corrected chi connectivity index (χ1v) is 11.0. The zero-order valence-electron chi connectivity index (χ0n) is 17.2. The zero-order chi connectivity index (χ0) is 22.1. The summed E-state index contributed by atoms with van der Waals surface area (Å²) in [4.78, 5) is 13.3. The predicted octanol–water partition coefficient (Wildman–Crippen LogP) is 4.16. The van der Waals surface area contributed by atoms with Gasteiger partial charge in [0.2, 0.25) is 6.79 Å². The van der Waals surface area contributed by atoms with E-state index >= 15 is 0 Å². The number of anilines is 4. The van der Waals surface area contributed by atoms with Crippen molar-refractivity contribution >= 4 is 46.2 Å². The van der Waals surface area contributed by atoms with Crippen molar-refractivity contribution in [2.75, 3.05) is 48.9 Å². The molecule has 1 fully saturated rings. The Morgan fingerprint density at radius 1 is 0.969 bits per heavy atom. The highest BCUT2D eigenvalue weighted by molar-refractivity contribution is 6.35. The van der Waals surface area contributed by atoms with Gasteiger partial charge in [0.1, 0.15) is 12.0 Å². The van der Waals surface area contributed by atoms with Crippen molar-refractivity contribution in [3.05, 3.63) is 58.3 Å². The van der Waals surface area contributed by atoms with E-state index in [9.17, 15) is 0 Å². The lowest BCUT2D eigenvalue weighted by molar-refractivity contribution is 0.174. The average molecular weight is 473 g/mol. The number of piperazine rings is 1. The maximum atomic E-state index is 6.42. The number of nitrogens with two attached hydrogens (primary N) is 1. The van der Waals surface area contributed by atoms with Crippen LogP contribution >= 0.6 is 23.2 Å². The van der Waals surface area contributed by atoms with Crippen molar-refractivity contribution < 1.29 is 9.47 Å². The monoisotopic (exact) mass is 472 g/mol. The maximum Gasteiger partial charge on any atom is 0.231 e. The van der Waals surface area contributed by atoms with E-state index in [2.05, 4.69) is 37.2 Å². The molecule has 32 heavy (non-hydrogen) atoms. The normalized spacial score (nSPS) is 15.8.